The van der Waals surface area contributed by atoms with Crippen LogP contribution in [0.2, 0.25) is 0 Å². The average Bonchev–Trinajstić information content (AvgIpc) is 3.03. The minimum Gasteiger partial charge on any atom is -0.375 e. The lowest BCUT2D eigenvalue weighted by Crippen LogP contribution is -2.32. The lowest BCUT2D eigenvalue weighted by atomic mass is 10.2. The summed E-state index contributed by atoms with van der Waals surface area (Å²) in [6.07, 6.45) is 2.31. The Kier molecular flexibility index (Phi) is 4.75. The number of aromatic nitrogens is 1. The number of nitro benzene ring substituents is 1. The SMILES string of the molecule is O=C(c1ccccn1)N1CCC(Nc2cc(Br)ccc2[N+](=O)[O-])C1. The lowest BCUT2D eigenvalue weighted by molar-refractivity contribution is -0.384. The maximum atomic E-state index is 12.4. The van der Waals surface area contributed by atoms with Crippen LogP contribution < -0.4 is 5.32 Å². The van der Waals surface area contributed by atoms with Crippen molar-refractivity contribution in [2.45, 2.75) is 12.5 Å². The van der Waals surface area contributed by atoms with E-state index in [0.717, 1.165) is 10.9 Å². The van der Waals surface area contributed by atoms with Crippen LogP contribution in [-0.2, 0) is 0 Å². The summed E-state index contributed by atoms with van der Waals surface area (Å²) in [6, 6.07) is 9.95. The molecular formula is C16H15BrN4O3. The fraction of sp³-hybridized carbons (Fsp3) is 0.250. The zero-order valence-electron chi connectivity index (χ0n) is 12.7. The summed E-state index contributed by atoms with van der Waals surface area (Å²) in [5.74, 6) is -0.122. The maximum Gasteiger partial charge on any atom is 0.292 e. The number of benzene rings is 1. The Hall–Kier alpha value is -2.48. The smallest absolute Gasteiger partial charge is 0.292 e. The highest BCUT2D eigenvalue weighted by Crippen LogP contribution is 2.29. The van der Waals surface area contributed by atoms with Crippen molar-refractivity contribution in [2.75, 3.05) is 18.4 Å². The van der Waals surface area contributed by atoms with Gasteiger partial charge in [0, 0.05) is 35.9 Å². The molecule has 0 aliphatic carbocycles. The highest BCUT2D eigenvalue weighted by atomic mass is 79.9. The predicted molar refractivity (Wildman–Crippen MR) is 93.0 cm³/mol. The number of hydrogen-bond acceptors (Lipinski definition) is 5. The third-order valence-corrected chi connectivity index (χ3v) is 4.37. The molecule has 1 unspecified atom stereocenters. The van der Waals surface area contributed by atoms with Gasteiger partial charge in [-0.3, -0.25) is 19.9 Å². The molecule has 1 aliphatic rings. The number of nitrogens with zero attached hydrogens (tertiary/aromatic N) is 3. The van der Waals surface area contributed by atoms with Crippen molar-refractivity contribution in [3.63, 3.8) is 0 Å². The molecule has 1 saturated heterocycles. The highest BCUT2D eigenvalue weighted by Gasteiger charge is 2.28. The predicted octanol–water partition coefficient (Wildman–Crippen LogP) is 3.08. The van der Waals surface area contributed by atoms with Crippen molar-refractivity contribution in [1.82, 2.24) is 9.88 Å². The molecule has 1 fully saturated rings. The Morgan fingerprint density at radius 1 is 1.38 bits per heavy atom. The van der Waals surface area contributed by atoms with E-state index in [4.69, 9.17) is 0 Å². The third-order valence-electron chi connectivity index (χ3n) is 3.87. The molecule has 1 atom stereocenters. The second kappa shape index (κ2) is 6.96. The number of nitro groups is 1. The van der Waals surface area contributed by atoms with Gasteiger partial charge >= 0.3 is 0 Å². The van der Waals surface area contributed by atoms with Crippen LogP contribution in [-0.4, -0.2) is 39.8 Å². The first-order valence-electron chi connectivity index (χ1n) is 7.45. The van der Waals surface area contributed by atoms with Crippen molar-refractivity contribution < 1.29 is 9.72 Å². The Balaban J connectivity index is 1.70. The molecule has 1 N–H and O–H groups in total. The fourth-order valence-corrected chi connectivity index (χ4v) is 3.08. The Morgan fingerprint density at radius 2 is 2.21 bits per heavy atom. The monoisotopic (exact) mass is 390 g/mol. The van der Waals surface area contributed by atoms with E-state index in [1.807, 2.05) is 0 Å². The van der Waals surface area contributed by atoms with Gasteiger partial charge in [0.2, 0.25) is 0 Å². The summed E-state index contributed by atoms with van der Waals surface area (Å²) in [6.45, 7) is 1.08. The number of amides is 1. The number of likely N-dealkylation sites (tertiary alicyclic amines) is 1. The number of carbonyl (C=O) groups excluding carboxylic acids is 1. The number of carbonyl (C=O) groups is 1. The van der Waals surface area contributed by atoms with Gasteiger partial charge in [-0.15, -0.1) is 0 Å². The van der Waals surface area contributed by atoms with E-state index in [1.54, 1.807) is 41.4 Å². The normalized spacial score (nSPS) is 16.9. The molecule has 24 heavy (non-hydrogen) atoms. The van der Waals surface area contributed by atoms with E-state index in [1.165, 1.54) is 6.07 Å². The molecule has 0 saturated carbocycles. The number of halogens is 1. The summed E-state index contributed by atoms with van der Waals surface area (Å²) in [4.78, 5) is 28.9. The van der Waals surface area contributed by atoms with Gasteiger partial charge < -0.3 is 10.2 Å². The first-order valence-corrected chi connectivity index (χ1v) is 8.24. The van der Waals surface area contributed by atoms with Gasteiger partial charge in [-0.25, -0.2) is 0 Å². The number of rotatable bonds is 4. The van der Waals surface area contributed by atoms with Crippen molar-refractivity contribution in [3.05, 3.63) is 62.9 Å². The number of hydrogen-bond donors (Lipinski definition) is 1. The van der Waals surface area contributed by atoms with Crippen LogP contribution in [0.4, 0.5) is 11.4 Å². The van der Waals surface area contributed by atoms with Crippen LogP contribution in [0.5, 0.6) is 0 Å². The van der Waals surface area contributed by atoms with E-state index < -0.39 is 4.92 Å². The second-order valence-corrected chi connectivity index (χ2v) is 6.43. The Labute approximate surface area is 147 Å². The van der Waals surface area contributed by atoms with Gasteiger partial charge in [0.1, 0.15) is 11.4 Å². The third kappa shape index (κ3) is 3.53. The molecular weight excluding hydrogens is 376 g/mol. The zero-order valence-corrected chi connectivity index (χ0v) is 14.3. The van der Waals surface area contributed by atoms with Crippen molar-refractivity contribution >= 4 is 33.2 Å². The summed E-state index contributed by atoms with van der Waals surface area (Å²) >= 11 is 3.33. The molecule has 2 aromatic rings. The topological polar surface area (TPSA) is 88.4 Å². The maximum absolute atomic E-state index is 12.4. The number of pyridine rings is 1. The van der Waals surface area contributed by atoms with Crippen LogP contribution in [0.3, 0.4) is 0 Å². The molecule has 0 spiro atoms. The van der Waals surface area contributed by atoms with Crippen LogP contribution in [0, 0.1) is 10.1 Å². The van der Waals surface area contributed by atoms with Crippen LogP contribution in [0.1, 0.15) is 16.9 Å². The highest BCUT2D eigenvalue weighted by molar-refractivity contribution is 9.10. The second-order valence-electron chi connectivity index (χ2n) is 5.51. The van der Waals surface area contributed by atoms with E-state index in [0.29, 0.717) is 24.5 Å². The summed E-state index contributed by atoms with van der Waals surface area (Å²) in [5, 5.41) is 14.3. The standard InChI is InChI=1S/C16H15BrN4O3/c17-11-4-5-15(21(23)24)14(9-11)19-12-6-8-20(10-12)16(22)13-3-1-2-7-18-13/h1-5,7,9,12,19H,6,8,10H2. The largest absolute Gasteiger partial charge is 0.375 e. The molecule has 2 heterocycles. The molecule has 0 radical (unpaired) electrons. The van der Waals surface area contributed by atoms with E-state index >= 15 is 0 Å². The number of anilines is 1. The number of nitrogens with one attached hydrogen (secondary N) is 1. The van der Waals surface area contributed by atoms with Crippen molar-refractivity contribution in [3.8, 4) is 0 Å². The summed E-state index contributed by atoms with van der Waals surface area (Å²) in [5.41, 5.74) is 0.880. The van der Waals surface area contributed by atoms with Gasteiger partial charge in [-0.1, -0.05) is 22.0 Å². The van der Waals surface area contributed by atoms with E-state index in [2.05, 4.69) is 26.2 Å². The molecule has 1 aromatic carbocycles. The molecule has 0 bridgehead atoms. The lowest BCUT2D eigenvalue weighted by Gasteiger charge is -2.17. The van der Waals surface area contributed by atoms with Gasteiger partial charge in [0.25, 0.3) is 11.6 Å². The molecule has 7 nitrogen and oxygen atoms in total. The van der Waals surface area contributed by atoms with Crippen molar-refractivity contribution in [2.24, 2.45) is 0 Å². The quantitative estimate of drug-likeness (QED) is 0.639. The first kappa shape index (κ1) is 16.4. The van der Waals surface area contributed by atoms with Gasteiger partial charge in [-0.05, 0) is 30.7 Å². The zero-order chi connectivity index (χ0) is 17.1. The molecule has 1 amide bonds. The van der Waals surface area contributed by atoms with Crippen molar-refractivity contribution in [1.29, 1.82) is 0 Å². The minimum absolute atomic E-state index is 0.0210. The summed E-state index contributed by atoms with van der Waals surface area (Å²) < 4.78 is 0.759. The minimum atomic E-state index is -0.416. The Bertz CT molecular complexity index is 769. The summed E-state index contributed by atoms with van der Waals surface area (Å²) in [7, 11) is 0. The van der Waals surface area contributed by atoms with E-state index in [-0.39, 0.29) is 17.6 Å². The molecule has 3 rings (SSSR count). The van der Waals surface area contributed by atoms with Gasteiger partial charge in [-0.2, -0.15) is 0 Å². The fourth-order valence-electron chi connectivity index (χ4n) is 2.72. The van der Waals surface area contributed by atoms with Crippen LogP contribution in [0.15, 0.2) is 47.1 Å². The average molecular weight is 391 g/mol. The molecule has 8 heteroatoms. The van der Waals surface area contributed by atoms with Gasteiger partial charge in [0.15, 0.2) is 0 Å². The molecule has 124 valence electrons. The molecule has 1 aromatic heterocycles. The Morgan fingerprint density at radius 3 is 2.92 bits per heavy atom. The van der Waals surface area contributed by atoms with Crippen LogP contribution in [0.25, 0.3) is 0 Å². The van der Waals surface area contributed by atoms with E-state index in [9.17, 15) is 14.9 Å². The first-order chi connectivity index (χ1) is 11.5. The van der Waals surface area contributed by atoms with Crippen LogP contribution >= 0.6 is 15.9 Å². The van der Waals surface area contributed by atoms with Gasteiger partial charge in [0.05, 0.1) is 4.92 Å². The molecule has 1 aliphatic heterocycles.